The Kier molecular flexibility index (Phi) is 5.74. The molecule has 9 nitrogen and oxygen atoms in total. The summed E-state index contributed by atoms with van der Waals surface area (Å²) in [5, 5.41) is 7.79. The van der Waals surface area contributed by atoms with Gasteiger partial charge in [0.2, 0.25) is 5.75 Å². The summed E-state index contributed by atoms with van der Waals surface area (Å²) < 4.78 is 41.8. The molecule has 11 heteroatoms. The van der Waals surface area contributed by atoms with E-state index in [9.17, 15) is 13.2 Å². The largest absolute Gasteiger partial charge is 0.493 e. The summed E-state index contributed by atoms with van der Waals surface area (Å²) in [6.45, 7) is 0. The Hall–Kier alpha value is -3.24. The van der Waals surface area contributed by atoms with Crippen molar-refractivity contribution in [2.24, 2.45) is 0 Å². The molecule has 0 atom stereocenters. The first-order chi connectivity index (χ1) is 15.3. The molecule has 1 aliphatic heterocycles. The van der Waals surface area contributed by atoms with Crippen molar-refractivity contribution in [2.45, 2.75) is 11.5 Å². The molecule has 1 N–H and O–H groups in total. The van der Waals surface area contributed by atoms with E-state index in [1.807, 2.05) is 0 Å². The average molecular weight is 478 g/mol. The number of benzene rings is 2. The van der Waals surface area contributed by atoms with Crippen molar-refractivity contribution in [1.82, 2.24) is 9.78 Å². The van der Waals surface area contributed by atoms with Crippen LogP contribution in [0.15, 0.2) is 36.4 Å². The number of fused-ring (bicyclic) bond motifs is 1. The summed E-state index contributed by atoms with van der Waals surface area (Å²) in [6, 6.07) is 9.85. The second-order valence-electron chi connectivity index (χ2n) is 7.06. The lowest BCUT2D eigenvalue weighted by atomic mass is 10.1. The van der Waals surface area contributed by atoms with Gasteiger partial charge in [-0.1, -0.05) is 11.6 Å². The number of nitrogens with one attached hydrogen (secondary N) is 1. The number of nitrogens with zero attached hydrogens (tertiary/aromatic N) is 2. The van der Waals surface area contributed by atoms with E-state index in [0.717, 1.165) is 0 Å². The van der Waals surface area contributed by atoms with Crippen LogP contribution in [0.4, 0.5) is 5.82 Å². The number of carbonyl (C=O) groups is 1. The third-order valence-electron chi connectivity index (χ3n) is 5.02. The van der Waals surface area contributed by atoms with Crippen LogP contribution in [0.2, 0.25) is 5.02 Å². The van der Waals surface area contributed by atoms with Crippen LogP contribution < -0.4 is 19.5 Å². The normalized spacial score (nSPS) is 14.0. The van der Waals surface area contributed by atoms with E-state index in [4.69, 9.17) is 25.8 Å². The molecule has 1 aromatic heterocycles. The lowest BCUT2D eigenvalue weighted by Crippen LogP contribution is -2.17. The lowest BCUT2D eigenvalue weighted by molar-refractivity contribution is 0.102. The quantitative estimate of drug-likeness (QED) is 0.580. The van der Waals surface area contributed by atoms with Crippen molar-refractivity contribution < 1.29 is 27.4 Å². The monoisotopic (exact) mass is 477 g/mol. The van der Waals surface area contributed by atoms with Crippen molar-refractivity contribution in [3.8, 4) is 22.9 Å². The molecule has 0 aliphatic carbocycles. The van der Waals surface area contributed by atoms with Gasteiger partial charge in [-0.2, -0.15) is 5.10 Å². The van der Waals surface area contributed by atoms with E-state index in [0.29, 0.717) is 39.2 Å². The zero-order chi connectivity index (χ0) is 23.0. The summed E-state index contributed by atoms with van der Waals surface area (Å²) in [4.78, 5) is 13.2. The number of hydrogen-bond acceptors (Lipinski definition) is 7. The second-order valence-corrected chi connectivity index (χ2v) is 9.56. The number of hydrogen-bond donors (Lipinski definition) is 1. The summed E-state index contributed by atoms with van der Waals surface area (Å²) in [5.74, 6) is 0.377. The lowest BCUT2D eigenvalue weighted by Gasteiger charge is -2.15. The zero-order valence-corrected chi connectivity index (χ0v) is 19.1. The number of carbonyl (C=O) groups excluding carboxylic acids is 1. The number of ether oxygens (including phenoxy) is 3. The molecule has 0 spiro atoms. The second kappa shape index (κ2) is 8.36. The third-order valence-corrected chi connectivity index (χ3v) is 6.71. The maximum Gasteiger partial charge on any atom is 0.257 e. The van der Waals surface area contributed by atoms with Gasteiger partial charge in [-0.05, 0) is 36.4 Å². The number of rotatable bonds is 6. The molecule has 0 radical (unpaired) electrons. The highest BCUT2D eigenvalue weighted by atomic mass is 35.5. The number of methoxy groups -OCH3 is 3. The summed E-state index contributed by atoms with van der Waals surface area (Å²) in [6.07, 6.45) is 0. The highest BCUT2D eigenvalue weighted by molar-refractivity contribution is 7.90. The molecule has 2 aromatic carbocycles. The minimum atomic E-state index is -3.33. The number of anilines is 1. The van der Waals surface area contributed by atoms with Gasteiger partial charge in [0, 0.05) is 16.1 Å². The standard InChI is InChI=1S/C21H20ClN3O6S/c1-29-17-8-12(9-18(30-2)19(17)31-3)21(26)23-20-15-10-32(27,28)11-16(15)24-25(20)14-6-4-13(22)5-7-14/h4-9H,10-11H2,1-3H3,(H,23,26). The molecule has 4 rings (SSSR count). The zero-order valence-electron chi connectivity index (χ0n) is 17.5. The fourth-order valence-electron chi connectivity index (χ4n) is 3.53. The molecule has 1 amide bonds. The van der Waals surface area contributed by atoms with Gasteiger partial charge in [0.15, 0.2) is 21.3 Å². The molecule has 2 heterocycles. The number of amides is 1. The summed E-state index contributed by atoms with van der Waals surface area (Å²) in [5.41, 5.74) is 1.72. The predicted molar refractivity (Wildman–Crippen MR) is 119 cm³/mol. The van der Waals surface area contributed by atoms with Crippen molar-refractivity contribution in [3.63, 3.8) is 0 Å². The third kappa shape index (κ3) is 3.98. The van der Waals surface area contributed by atoms with Crippen LogP contribution in [-0.4, -0.2) is 45.4 Å². The predicted octanol–water partition coefficient (Wildman–Crippen LogP) is 3.23. The average Bonchev–Trinajstić information content (AvgIpc) is 3.25. The number of halogens is 1. The van der Waals surface area contributed by atoms with Crippen molar-refractivity contribution in [3.05, 3.63) is 58.2 Å². The Morgan fingerprint density at radius 1 is 1.03 bits per heavy atom. The molecule has 1 aliphatic rings. The Bertz CT molecular complexity index is 1280. The van der Waals surface area contributed by atoms with E-state index >= 15 is 0 Å². The molecule has 0 saturated heterocycles. The molecular weight excluding hydrogens is 458 g/mol. The first-order valence-electron chi connectivity index (χ1n) is 9.44. The van der Waals surface area contributed by atoms with Crippen molar-refractivity contribution >= 4 is 33.2 Å². The van der Waals surface area contributed by atoms with Crippen LogP contribution in [0.25, 0.3) is 5.69 Å². The maximum atomic E-state index is 13.2. The molecule has 0 saturated carbocycles. The number of aromatic nitrogens is 2. The van der Waals surface area contributed by atoms with Crippen LogP contribution in [0.1, 0.15) is 21.6 Å². The van der Waals surface area contributed by atoms with Gasteiger partial charge in [-0.25, -0.2) is 13.1 Å². The summed E-state index contributed by atoms with van der Waals surface area (Å²) >= 11 is 5.98. The Morgan fingerprint density at radius 3 is 2.22 bits per heavy atom. The highest BCUT2D eigenvalue weighted by Gasteiger charge is 2.33. The van der Waals surface area contributed by atoms with Gasteiger partial charge in [-0.3, -0.25) is 4.79 Å². The molecule has 0 bridgehead atoms. The molecular formula is C21H20ClN3O6S. The molecule has 0 unspecified atom stereocenters. The van der Waals surface area contributed by atoms with Gasteiger partial charge in [-0.15, -0.1) is 0 Å². The topological polar surface area (TPSA) is 109 Å². The van der Waals surface area contributed by atoms with Crippen molar-refractivity contribution in [1.29, 1.82) is 0 Å². The highest BCUT2D eigenvalue weighted by Crippen LogP contribution is 2.39. The van der Waals surface area contributed by atoms with Gasteiger partial charge in [0.25, 0.3) is 5.91 Å². The van der Waals surface area contributed by atoms with Gasteiger partial charge < -0.3 is 19.5 Å². The fraction of sp³-hybridized carbons (Fsp3) is 0.238. The Labute approximate surface area is 189 Å². The van der Waals surface area contributed by atoms with Gasteiger partial charge >= 0.3 is 0 Å². The molecule has 168 valence electrons. The van der Waals surface area contributed by atoms with Crippen LogP contribution in [0, 0.1) is 0 Å². The minimum Gasteiger partial charge on any atom is -0.493 e. The van der Waals surface area contributed by atoms with Crippen LogP contribution >= 0.6 is 11.6 Å². The Morgan fingerprint density at radius 2 is 1.66 bits per heavy atom. The maximum absolute atomic E-state index is 13.2. The first kappa shape index (κ1) is 22.0. The van der Waals surface area contributed by atoms with Gasteiger partial charge in [0.1, 0.15) is 5.82 Å². The van der Waals surface area contributed by atoms with E-state index in [2.05, 4.69) is 10.4 Å². The van der Waals surface area contributed by atoms with Crippen LogP contribution in [0.3, 0.4) is 0 Å². The smallest absolute Gasteiger partial charge is 0.257 e. The first-order valence-corrected chi connectivity index (χ1v) is 11.6. The van der Waals surface area contributed by atoms with E-state index < -0.39 is 15.7 Å². The Balaban J connectivity index is 1.77. The summed E-state index contributed by atoms with van der Waals surface area (Å²) in [7, 11) is 1.04. The molecule has 32 heavy (non-hydrogen) atoms. The van der Waals surface area contributed by atoms with E-state index in [1.165, 1.54) is 38.1 Å². The number of sulfone groups is 1. The minimum absolute atomic E-state index is 0.185. The van der Waals surface area contributed by atoms with E-state index in [1.54, 1.807) is 24.3 Å². The SMILES string of the molecule is COc1cc(C(=O)Nc2c3c(nn2-c2ccc(Cl)cc2)CS(=O)(=O)C3)cc(OC)c1OC. The van der Waals surface area contributed by atoms with Crippen LogP contribution in [0.5, 0.6) is 17.2 Å². The molecule has 0 fully saturated rings. The molecule has 3 aromatic rings. The van der Waals surface area contributed by atoms with E-state index in [-0.39, 0.29) is 22.9 Å². The van der Waals surface area contributed by atoms with Gasteiger partial charge in [0.05, 0.1) is 44.2 Å². The van der Waals surface area contributed by atoms with Crippen molar-refractivity contribution in [2.75, 3.05) is 26.6 Å². The fourth-order valence-corrected chi connectivity index (χ4v) is 5.15. The van der Waals surface area contributed by atoms with Crippen LogP contribution in [-0.2, 0) is 21.3 Å².